The highest BCUT2D eigenvalue weighted by molar-refractivity contribution is 5.69. The fourth-order valence-corrected chi connectivity index (χ4v) is 9.68. The summed E-state index contributed by atoms with van der Waals surface area (Å²) in [4.78, 5) is 27.3. The Kier molecular flexibility index (Phi) is 36.8. The molecule has 0 radical (unpaired) electrons. The summed E-state index contributed by atoms with van der Waals surface area (Å²) in [5.74, 6) is 0.984. The predicted octanol–water partition coefficient (Wildman–Crippen LogP) is 14.9. The fourth-order valence-electron chi connectivity index (χ4n) is 9.68. The van der Waals surface area contributed by atoms with Crippen LogP contribution in [0.25, 0.3) is 0 Å². The number of unbranched alkanes of at least 4 members (excludes halogenated alkanes) is 20. The fraction of sp³-hybridized carbons (Fsp3) is 0.963. The zero-order chi connectivity index (χ0) is 44.6. The number of ether oxygens (including phenoxy) is 5. The Morgan fingerprint density at radius 3 is 1.31 bits per heavy atom. The van der Waals surface area contributed by atoms with Crippen molar-refractivity contribution in [2.45, 2.75) is 271 Å². The van der Waals surface area contributed by atoms with Crippen LogP contribution in [0.3, 0.4) is 0 Å². The van der Waals surface area contributed by atoms with Crippen molar-refractivity contribution in [2.24, 2.45) is 11.8 Å². The highest BCUT2D eigenvalue weighted by Crippen LogP contribution is 2.35. The van der Waals surface area contributed by atoms with E-state index in [1.807, 2.05) is 0 Å². The average molecular weight is 878 g/mol. The van der Waals surface area contributed by atoms with Gasteiger partial charge in [-0.3, -0.25) is 14.5 Å². The first-order chi connectivity index (χ1) is 30.4. The Hall–Kier alpha value is -1.22. The van der Waals surface area contributed by atoms with Gasteiger partial charge in [-0.15, -0.1) is 0 Å². The lowest BCUT2D eigenvalue weighted by Crippen LogP contribution is -2.42. The van der Waals surface area contributed by atoms with Crippen LogP contribution in [-0.2, 0) is 33.3 Å². The third kappa shape index (κ3) is 30.8. The molecule has 62 heavy (non-hydrogen) atoms. The third-order valence-electron chi connectivity index (χ3n) is 13.8. The molecule has 0 aromatic rings. The number of hydrogen-bond acceptors (Lipinski definition) is 8. The monoisotopic (exact) mass is 878 g/mol. The van der Waals surface area contributed by atoms with Gasteiger partial charge in [0.1, 0.15) is 0 Å². The number of rotatable bonds is 44. The molecule has 0 aromatic heterocycles. The Bertz CT molecular complexity index is 939. The van der Waals surface area contributed by atoms with Crippen molar-refractivity contribution in [2.75, 3.05) is 52.7 Å². The van der Waals surface area contributed by atoms with Crippen molar-refractivity contribution in [3.63, 3.8) is 0 Å². The van der Waals surface area contributed by atoms with E-state index in [4.69, 9.17) is 23.7 Å². The van der Waals surface area contributed by atoms with Crippen LogP contribution in [-0.4, -0.2) is 81.4 Å². The molecule has 1 atom stereocenters. The van der Waals surface area contributed by atoms with Crippen LogP contribution in [0.1, 0.15) is 259 Å². The molecule has 0 saturated carbocycles. The summed E-state index contributed by atoms with van der Waals surface area (Å²) >= 11 is 0. The molecular weight excluding hydrogens is 775 g/mol. The lowest BCUT2D eigenvalue weighted by Gasteiger charge is -2.31. The van der Waals surface area contributed by atoms with Gasteiger partial charge in [0.25, 0.3) is 0 Å². The molecule has 1 unspecified atom stereocenters. The average Bonchev–Trinajstić information content (AvgIpc) is 3.67. The summed E-state index contributed by atoms with van der Waals surface area (Å²) in [5, 5.41) is 0. The SMILES string of the molecule is CCCCCC(CCCCC)CCOC(=O)CCCCCCCCCC1(CCCCCCCCCC(=O)OCCC(CCCCC)CCCCC)OCC(CN2CCOCC2)O1. The van der Waals surface area contributed by atoms with Crippen molar-refractivity contribution in [1.29, 1.82) is 0 Å². The lowest BCUT2D eigenvalue weighted by molar-refractivity contribution is -0.181. The highest BCUT2D eigenvalue weighted by atomic mass is 16.7. The van der Waals surface area contributed by atoms with E-state index in [9.17, 15) is 9.59 Å². The van der Waals surface area contributed by atoms with Gasteiger partial charge in [-0.05, 0) is 50.4 Å². The second kappa shape index (κ2) is 40.1. The standard InChI is InChI=1S/C54H103NO7/c1-5-9-23-31-49(32-24-10-6-2)37-43-59-52(56)35-27-19-15-13-17-21-29-39-54(61-48-51(62-54)47-55-41-45-58-46-42-55)40-30-22-18-14-16-20-28-36-53(57)60-44-38-50(33-25-11-7-3)34-26-12-8-4/h49-51H,5-48H2,1-4H3. The molecule has 0 aromatic carbocycles. The molecular formula is C54H103NO7. The number of hydrogen-bond donors (Lipinski definition) is 0. The van der Waals surface area contributed by atoms with E-state index < -0.39 is 5.79 Å². The molecule has 0 bridgehead atoms. The number of carbonyl (C=O) groups excluding carboxylic acids is 2. The number of esters is 2. The van der Waals surface area contributed by atoms with Gasteiger partial charge in [-0.1, -0.05) is 195 Å². The smallest absolute Gasteiger partial charge is 0.305 e. The van der Waals surface area contributed by atoms with Crippen LogP contribution < -0.4 is 0 Å². The van der Waals surface area contributed by atoms with Crippen LogP contribution in [0.4, 0.5) is 0 Å². The summed E-state index contributed by atoms with van der Waals surface area (Å²) in [6.07, 6.45) is 42.0. The lowest BCUT2D eigenvalue weighted by atomic mass is 9.92. The molecule has 8 heteroatoms. The number of morpholine rings is 1. The van der Waals surface area contributed by atoms with Crippen LogP contribution in [0.15, 0.2) is 0 Å². The molecule has 0 amide bonds. The van der Waals surface area contributed by atoms with Gasteiger partial charge < -0.3 is 23.7 Å². The van der Waals surface area contributed by atoms with Crippen molar-refractivity contribution < 1.29 is 33.3 Å². The largest absolute Gasteiger partial charge is 0.466 e. The van der Waals surface area contributed by atoms with E-state index in [2.05, 4.69) is 32.6 Å². The predicted molar refractivity (Wildman–Crippen MR) is 259 cm³/mol. The van der Waals surface area contributed by atoms with Crippen LogP contribution in [0.5, 0.6) is 0 Å². The Labute approximate surface area is 384 Å². The summed E-state index contributed by atoms with van der Waals surface area (Å²) in [5.41, 5.74) is 0. The van der Waals surface area contributed by atoms with Crippen molar-refractivity contribution >= 4 is 11.9 Å². The zero-order valence-corrected chi connectivity index (χ0v) is 41.6. The normalized spacial score (nSPS) is 16.8. The van der Waals surface area contributed by atoms with Gasteiger partial charge in [0.15, 0.2) is 5.79 Å². The van der Waals surface area contributed by atoms with Crippen molar-refractivity contribution in [1.82, 2.24) is 4.90 Å². The first-order valence-electron chi connectivity index (χ1n) is 27.4. The Morgan fingerprint density at radius 1 is 0.516 bits per heavy atom. The van der Waals surface area contributed by atoms with E-state index in [1.54, 1.807) is 0 Å². The van der Waals surface area contributed by atoms with Gasteiger partial charge in [0, 0.05) is 45.3 Å². The molecule has 0 aliphatic carbocycles. The molecule has 0 N–H and O–H groups in total. The van der Waals surface area contributed by atoms with Gasteiger partial charge in [0.2, 0.25) is 0 Å². The highest BCUT2D eigenvalue weighted by Gasteiger charge is 2.41. The van der Waals surface area contributed by atoms with Gasteiger partial charge >= 0.3 is 11.9 Å². The van der Waals surface area contributed by atoms with Crippen molar-refractivity contribution in [3.05, 3.63) is 0 Å². The molecule has 2 heterocycles. The zero-order valence-electron chi connectivity index (χ0n) is 41.6. The third-order valence-corrected chi connectivity index (χ3v) is 13.8. The van der Waals surface area contributed by atoms with E-state index in [-0.39, 0.29) is 18.0 Å². The maximum Gasteiger partial charge on any atom is 0.305 e. The molecule has 2 aliphatic heterocycles. The van der Waals surface area contributed by atoms with Crippen LogP contribution in [0.2, 0.25) is 0 Å². The minimum atomic E-state index is -0.437. The Morgan fingerprint density at radius 2 is 0.903 bits per heavy atom. The first-order valence-corrected chi connectivity index (χ1v) is 27.4. The second-order valence-electron chi connectivity index (χ2n) is 19.6. The van der Waals surface area contributed by atoms with Crippen molar-refractivity contribution in [3.8, 4) is 0 Å². The molecule has 2 rings (SSSR count). The number of carbonyl (C=O) groups is 2. The molecule has 366 valence electrons. The van der Waals surface area contributed by atoms with Crippen LogP contribution >= 0.6 is 0 Å². The van der Waals surface area contributed by atoms with E-state index in [1.165, 1.54) is 154 Å². The van der Waals surface area contributed by atoms with Gasteiger partial charge in [-0.2, -0.15) is 0 Å². The maximum absolute atomic E-state index is 12.4. The topological polar surface area (TPSA) is 83.5 Å². The Balaban J connectivity index is 1.58. The molecule has 0 spiro atoms. The molecule has 2 aliphatic rings. The molecule has 2 fully saturated rings. The summed E-state index contributed by atoms with van der Waals surface area (Å²) < 4.78 is 30.3. The van der Waals surface area contributed by atoms with Crippen LogP contribution in [0, 0.1) is 11.8 Å². The van der Waals surface area contributed by atoms with E-state index in [0.717, 1.165) is 97.1 Å². The number of nitrogens with zero attached hydrogens (tertiary/aromatic N) is 1. The maximum atomic E-state index is 12.4. The van der Waals surface area contributed by atoms with Gasteiger partial charge in [-0.25, -0.2) is 0 Å². The van der Waals surface area contributed by atoms with Gasteiger partial charge in [0.05, 0.1) is 39.1 Å². The van der Waals surface area contributed by atoms with E-state index >= 15 is 0 Å². The second-order valence-corrected chi connectivity index (χ2v) is 19.6. The quantitative estimate of drug-likeness (QED) is 0.0442. The van der Waals surface area contributed by atoms with E-state index in [0.29, 0.717) is 44.5 Å². The summed E-state index contributed by atoms with van der Waals surface area (Å²) in [6.45, 7) is 15.5. The molecule has 8 nitrogen and oxygen atoms in total. The summed E-state index contributed by atoms with van der Waals surface area (Å²) in [6, 6.07) is 0. The minimum absolute atomic E-state index is 0.00156. The minimum Gasteiger partial charge on any atom is -0.466 e. The first kappa shape index (κ1) is 56.9. The molecule has 2 saturated heterocycles. The summed E-state index contributed by atoms with van der Waals surface area (Å²) in [7, 11) is 0.